The van der Waals surface area contributed by atoms with Gasteiger partial charge in [0.15, 0.2) is 0 Å². The standard InChI is InChI=1S/C19H19N3O2/c1-14-7-3-4-9-17(14)12-21-19(24)13-22(15(2)23)18-10-6-5-8-16(18)11-20/h3-10H,12-13H2,1-2H3,(H,21,24). The number of carbonyl (C=O) groups is 2. The van der Waals surface area contributed by atoms with Gasteiger partial charge in [0.25, 0.3) is 0 Å². The summed E-state index contributed by atoms with van der Waals surface area (Å²) in [4.78, 5) is 25.5. The van der Waals surface area contributed by atoms with Crippen LogP contribution in [0, 0.1) is 18.3 Å². The molecular weight excluding hydrogens is 302 g/mol. The Labute approximate surface area is 141 Å². The van der Waals surface area contributed by atoms with E-state index in [1.807, 2.05) is 37.3 Å². The Bertz CT molecular complexity index is 793. The third kappa shape index (κ3) is 4.20. The fraction of sp³-hybridized carbons (Fsp3) is 0.211. The molecule has 2 rings (SSSR count). The lowest BCUT2D eigenvalue weighted by atomic mass is 10.1. The molecule has 2 aromatic carbocycles. The first-order valence-electron chi connectivity index (χ1n) is 7.61. The summed E-state index contributed by atoms with van der Waals surface area (Å²) in [5.41, 5.74) is 2.92. The van der Waals surface area contributed by atoms with E-state index in [-0.39, 0.29) is 18.4 Å². The molecule has 0 saturated heterocycles. The Kier molecular flexibility index (Phi) is 5.69. The SMILES string of the molecule is CC(=O)N(CC(=O)NCc1ccccc1C)c1ccccc1C#N. The van der Waals surface area contributed by atoms with Gasteiger partial charge in [0.2, 0.25) is 11.8 Å². The summed E-state index contributed by atoms with van der Waals surface area (Å²) in [6.45, 7) is 3.63. The van der Waals surface area contributed by atoms with Crippen LogP contribution in [0.2, 0.25) is 0 Å². The van der Waals surface area contributed by atoms with Gasteiger partial charge in [-0.2, -0.15) is 5.26 Å². The molecule has 0 aliphatic carbocycles. The number of aryl methyl sites for hydroxylation is 1. The van der Waals surface area contributed by atoms with Crippen LogP contribution in [0.25, 0.3) is 0 Å². The average Bonchev–Trinajstić information content (AvgIpc) is 2.58. The van der Waals surface area contributed by atoms with Crippen molar-refractivity contribution in [3.8, 4) is 6.07 Å². The lowest BCUT2D eigenvalue weighted by Crippen LogP contribution is -2.40. The van der Waals surface area contributed by atoms with Gasteiger partial charge < -0.3 is 10.2 Å². The van der Waals surface area contributed by atoms with Gasteiger partial charge in [-0.1, -0.05) is 36.4 Å². The van der Waals surface area contributed by atoms with Crippen molar-refractivity contribution in [2.24, 2.45) is 0 Å². The zero-order valence-corrected chi connectivity index (χ0v) is 13.7. The first-order valence-corrected chi connectivity index (χ1v) is 7.61. The second kappa shape index (κ2) is 7.93. The van der Waals surface area contributed by atoms with Crippen LogP contribution in [0.15, 0.2) is 48.5 Å². The largest absolute Gasteiger partial charge is 0.350 e. The molecule has 5 nitrogen and oxygen atoms in total. The van der Waals surface area contributed by atoms with Crippen LogP contribution in [0.5, 0.6) is 0 Å². The Morgan fingerprint density at radius 3 is 2.46 bits per heavy atom. The smallest absolute Gasteiger partial charge is 0.240 e. The van der Waals surface area contributed by atoms with E-state index in [4.69, 9.17) is 0 Å². The van der Waals surface area contributed by atoms with Crippen LogP contribution >= 0.6 is 0 Å². The van der Waals surface area contributed by atoms with Crippen molar-refractivity contribution >= 4 is 17.5 Å². The van der Waals surface area contributed by atoms with E-state index >= 15 is 0 Å². The van der Waals surface area contributed by atoms with Crippen molar-refractivity contribution < 1.29 is 9.59 Å². The Morgan fingerprint density at radius 1 is 1.12 bits per heavy atom. The van der Waals surface area contributed by atoms with E-state index in [0.29, 0.717) is 17.8 Å². The van der Waals surface area contributed by atoms with E-state index < -0.39 is 0 Å². The zero-order valence-electron chi connectivity index (χ0n) is 13.7. The minimum absolute atomic E-state index is 0.125. The van der Waals surface area contributed by atoms with Crippen molar-refractivity contribution in [2.75, 3.05) is 11.4 Å². The van der Waals surface area contributed by atoms with Crippen molar-refractivity contribution in [3.63, 3.8) is 0 Å². The van der Waals surface area contributed by atoms with E-state index in [1.165, 1.54) is 11.8 Å². The topological polar surface area (TPSA) is 73.2 Å². The lowest BCUT2D eigenvalue weighted by Gasteiger charge is -2.21. The molecule has 0 bridgehead atoms. The number of benzene rings is 2. The lowest BCUT2D eigenvalue weighted by molar-refractivity contribution is -0.123. The highest BCUT2D eigenvalue weighted by Gasteiger charge is 2.18. The molecule has 0 radical (unpaired) electrons. The summed E-state index contributed by atoms with van der Waals surface area (Å²) in [7, 11) is 0. The molecule has 5 heteroatoms. The maximum absolute atomic E-state index is 12.2. The molecule has 24 heavy (non-hydrogen) atoms. The number of rotatable bonds is 5. The molecule has 0 aliphatic heterocycles. The van der Waals surface area contributed by atoms with E-state index in [9.17, 15) is 14.9 Å². The Morgan fingerprint density at radius 2 is 1.79 bits per heavy atom. The molecule has 0 atom stereocenters. The van der Waals surface area contributed by atoms with Gasteiger partial charge in [0.1, 0.15) is 12.6 Å². The number of nitrogens with zero attached hydrogens (tertiary/aromatic N) is 2. The molecule has 2 aromatic rings. The molecule has 0 aliphatic rings. The molecule has 0 saturated carbocycles. The number of anilines is 1. The molecule has 0 heterocycles. The first kappa shape index (κ1) is 17.2. The highest BCUT2D eigenvalue weighted by molar-refractivity contribution is 5.98. The highest BCUT2D eigenvalue weighted by Crippen LogP contribution is 2.19. The number of nitrogens with one attached hydrogen (secondary N) is 1. The van der Waals surface area contributed by atoms with Crippen LogP contribution in [-0.4, -0.2) is 18.4 Å². The van der Waals surface area contributed by atoms with Crippen LogP contribution in [0.1, 0.15) is 23.6 Å². The summed E-state index contributed by atoms with van der Waals surface area (Å²) in [5, 5.41) is 12.0. The molecular formula is C19H19N3O2. The number of amides is 2. The summed E-state index contributed by atoms with van der Waals surface area (Å²) in [6, 6.07) is 16.6. The molecule has 0 unspecified atom stereocenters. The van der Waals surface area contributed by atoms with Crippen molar-refractivity contribution in [2.45, 2.75) is 20.4 Å². The molecule has 2 amide bonds. The number of nitriles is 1. The monoisotopic (exact) mass is 321 g/mol. The molecule has 0 fully saturated rings. The van der Waals surface area contributed by atoms with Gasteiger partial charge in [-0.15, -0.1) is 0 Å². The van der Waals surface area contributed by atoms with Crippen molar-refractivity contribution in [1.29, 1.82) is 5.26 Å². The quantitative estimate of drug-likeness (QED) is 0.919. The van der Waals surface area contributed by atoms with Gasteiger partial charge >= 0.3 is 0 Å². The van der Waals surface area contributed by atoms with E-state index in [2.05, 4.69) is 5.32 Å². The first-order chi connectivity index (χ1) is 11.5. The summed E-state index contributed by atoms with van der Waals surface area (Å²) >= 11 is 0. The summed E-state index contributed by atoms with van der Waals surface area (Å²) in [6.07, 6.45) is 0. The normalized spacial score (nSPS) is 9.88. The summed E-state index contributed by atoms with van der Waals surface area (Å²) in [5.74, 6) is -0.565. The Balaban J connectivity index is 2.08. The number of para-hydroxylation sites is 1. The van der Waals surface area contributed by atoms with E-state index in [0.717, 1.165) is 11.1 Å². The van der Waals surface area contributed by atoms with Gasteiger partial charge in [-0.25, -0.2) is 0 Å². The van der Waals surface area contributed by atoms with Crippen LogP contribution in [0.3, 0.4) is 0 Å². The van der Waals surface area contributed by atoms with Gasteiger partial charge in [0, 0.05) is 13.5 Å². The predicted molar refractivity (Wildman–Crippen MR) is 92.2 cm³/mol. The molecule has 0 aromatic heterocycles. The zero-order chi connectivity index (χ0) is 17.5. The Hall–Kier alpha value is -3.13. The predicted octanol–water partition coefficient (Wildman–Crippen LogP) is 2.54. The molecule has 1 N–H and O–H groups in total. The van der Waals surface area contributed by atoms with E-state index in [1.54, 1.807) is 24.3 Å². The minimum atomic E-state index is -0.288. The number of hydrogen-bond acceptors (Lipinski definition) is 3. The number of carbonyl (C=O) groups excluding carboxylic acids is 2. The minimum Gasteiger partial charge on any atom is -0.350 e. The van der Waals surface area contributed by atoms with Crippen LogP contribution in [-0.2, 0) is 16.1 Å². The summed E-state index contributed by atoms with van der Waals surface area (Å²) < 4.78 is 0. The maximum atomic E-state index is 12.2. The second-order valence-corrected chi connectivity index (χ2v) is 5.44. The van der Waals surface area contributed by atoms with Crippen molar-refractivity contribution in [1.82, 2.24) is 5.32 Å². The third-order valence-corrected chi connectivity index (χ3v) is 3.73. The van der Waals surface area contributed by atoms with Crippen LogP contribution in [0.4, 0.5) is 5.69 Å². The van der Waals surface area contributed by atoms with Gasteiger partial charge in [0.05, 0.1) is 11.3 Å². The van der Waals surface area contributed by atoms with Gasteiger partial charge in [-0.3, -0.25) is 9.59 Å². The molecule has 122 valence electrons. The van der Waals surface area contributed by atoms with Gasteiger partial charge in [-0.05, 0) is 30.2 Å². The highest BCUT2D eigenvalue weighted by atomic mass is 16.2. The third-order valence-electron chi connectivity index (χ3n) is 3.73. The van der Waals surface area contributed by atoms with Crippen LogP contribution < -0.4 is 10.2 Å². The fourth-order valence-electron chi connectivity index (χ4n) is 2.37. The average molecular weight is 321 g/mol. The van der Waals surface area contributed by atoms with Crippen molar-refractivity contribution in [3.05, 3.63) is 65.2 Å². The molecule has 0 spiro atoms. The number of hydrogen-bond donors (Lipinski definition) is 1. The fourth-order valence-corrected chi connectivity index (χ4v) is 2.37. The second-order valence-electron chi connectivity index (χ2n) is 5.44. The maximum Gasteiger partial charge on any atom is 0.240 e.